The first kappa shape index (κ1) is 17.7. The SMILES string of the molecule is COC(=O)c1ccccc1/C=N\Nc1ncc(C(F)(F)F)cc1Cl. The van der Waals surface area contributed by atoms with Crippen LogP contribution in [0.1, 0.15) is 21.5 Å². The molecule has 1 N–H and O–H groups in total. The molecule has 0 saturated carbocycles. The first-order chi connectivity index (χ1) is 11.3. The fourth-order valence-corrected chi connectivity index (χ4v) is 1.95. The van der Waals surface area contributed by atoms with Crippen LogP contribution in [0.2, 0.25) is 5.02 Å². The van der Waals surface area contributed by atoms with Crippen molar-refractivity contribution in [1.29, 1.82) is 0 Å². The van der Waals surface area contributed by atoms with E-state index >= 15 is 0 Å². The van der Waals surface area contributed by atoms with E-state index in [0.29, 0.717) is 11.8 Å². The first-order valence-corrected chi connectivity index (χ1v) is 6.90. The largest absolute Gasteiger partial charge is 0.465 e. The number of rotatable bonds is 4. The number of carbonyl (C=O) groups is 1. The maximum Gasteiger partial charge on any atom is 0.417 e. The molecule has 0 unspecified atom stereocenters. The standard InChI is InChI=1S/C15H11ClF3N3O2/c1-24-14(23)11-5-3-2-4-9(11)7-21-22-13-12(16)6-10(8-20-13)15(17,18)19/h2-8H,1H3,(H,20,22)/b21-7-. The molecular formula is C15H11ClF3N3O2. The summed E-state index contributed by atoms with van der Waals surface area (Å²) in [6, 6.07) is 7.27. The Morgan fingerprint density at radius 2 is 2.08 bits per heavy atom. The van der Waals surface area contributed by atoms with E-state index < -0.39 is 17.7 Å². The number of aromatic nitrogens is 1. The van der Waals surface area contributed by atoms with E-state index in [-0.39, 0.29) is 16.4 Å². The molecule has 1 aromatic heterocycles. The van der Waals surface area contributed by atoms with Crippen molar-refractivity contribution >= 4 is 29.6 Å². The molecule has 126 valence electrons. The average Bonchev–Trinajstić information content (AvgIpc) is 2.55. The second kappa shape index (κ2) is 7.31. The summed E-state index contributed by atoms with van der Waals surface area (Å²) in [4.78, 5) is 15.2. The van der Waals surface area contributed by atoms with Gasteiger partial charge in [-0.25, -0.2) is 9.78 Å². The van der Waals surface area contributed by atoms with Crippen molar-refractivity contribution < 1.29 is 22.7 Å². The van der Waals surface area contributed by atoms with Crippen molar-refractivity contribution in [2.45, 2.75) is 6.18 Å². The Hall–Kier alpha value is -2.61. The highest BCUT2D eigenvalue weighted by Crippen LogP contribution is 2.32. The second-order valence-electron chi connectivity index (χ2n) is 4.50. The maximum absolute atomic E-state index is 12.5. The summed E-state index contributed by atoms with van der Waals surface area (Å²) < 4.78 is 42.2. The molecule has 0 saturated heterocycles. The van der Waals surface area contributed by atoms with E-state index in [2.05, 4.69) is 20.2 Å². The minimum Gasteiger partial charge on any atom is -0.465 e. The van der Waals surface area contributed by atoms with Gasteiger partial charge in [-0.15, -0.1) is 0 Å². The van der Waals surface area contributed by atoms with Gasteiger partial charge >= 0.3 is 12.1 Å². The van der Waals surface area contributed by atoms with Crippen molar-refractivity contribution in [3.05, 3.63) is 58.2 Å². The lowest BCUT2D eigenvalue weighted by molar-refractivity contribution is -0.137. The normalized spacial score (nSPS) is 11.5. The predicted molar refractivity (Wildman–Crippen MR) is 83.2 cm³/mol. The van der Waals surface area contributed by atoms with Gasteiger partial charge in [-0.3, -0.25) is 5.43 Å². The molecule has 0 radical (unpaired) electrons. The van der Waals surface area contributed by atoms with E-state index in [1.54, 1.807) is 24.3 Å². The summed E-state index contributed by atoms with van der Waals surface area (Å²) in [6.45, 7) is 0. The minimum atomic E-state index is -4.53. The number of pyridine rings is 1. The third-order valence-corrected chi connectivity index (χ3v) is 3.20. The molecule has 24 heavy (non-hydrogen) atoms. The monoisotopic (exact) mass is 357 g/mol. The number of nitrogens with one attached hydrogen (secondary N) is 1. The fraction of sp³-hybridized carbons (Fsp3) is 0.133. The smallest absolute Gasteiger partial charge is 0.417 e. The first-order valence-electron chi connectivity index (χ1n) is 6.52. The van der Waals surface area contributed by atoms with Crippen molar-refractivity contribution in [2.75, 3.05) is 12.5 Å². The Morgan fingerprint density at radius 1 is 1.38 bits per heavy atom. The van der Waals surface area contributed by atoms with Crippen LogP contribution in [0.5, 0.6) is 0 Å². The third kappa shape index (κ3) is 4.23. The van der Waals surface area contributed by atoms with Gasteiger partial charge in [-0.2, -0.15) is 18.3 Å². The highest BCUT2D eigenvalue weighted by Gasteiger charge is 2.31. The van der Waals surface area contributed by atoms with Crippen molar-refractivity contribution in [2.24, 2.45) is 5.10 Å². The molecule has 0 amide bonds. The van der Waals surface area contributed by atoms with Crippen LogP contribution in [0.4, 0.5) is 19.0 Å². The van der Waals surface area contributed by atoms with Gasteiger partial charge in [0.15, 0.2) is 5.82 Å². The van der Waals surface area contributed by atoms with Gasteiger partial charge in [0.05, 0.1) is 29.5 Å². The number of carbonyl (C=O) groups excluding carboxylic acids is 1. The van der Waals surface area contributed by atoms with Gasteiger partial charge in [-0.05, 0) is 12.1 Å². The van der Waals surface area contributed by atoms with Crippen LogP contribution in [-0.2, 0) is 10.9 Å². The van der Waals surface area contributed by atoms with Crippen LogP contribution in [-0.4, -0.2) is 24.3 Å². The zero-order valence-electron chi connectivity index (χ0n) is 12.3. The van der Waals surface area contributed by atoms with Crippen LogP contribution in [0.3, 0.4) is 0 Å². The van der Waals surface area contributed by atoms with E-state index in [1.165, 1.54) is 13.3 Å². The molecule has 0 spiro atoms. The number of hydrogen-bond donors (Lipinski definition) is 1. The lowest BCUT2D eigenvalue weighted by Gasteiger charge is -2.08. The molecule has 1 aromatic carbocycles. The maximum atomic E-state index is 12.5. The lowest BCUT2D eigenvalue weighted by atomic mass is 10.1. The molecule has 2 aromatic rings. The van der Waals surface area contributed by atoms with E-state index in [1.807, 2.05) is 0 Å². The van der Waals surface area contributed by atoms with Gasteiger partial charge in [0.25, 0.3) is 0 Å². The summed E-state index contributed by atoms with van der Waals surface area (Å²) in [5, 5.41) is 3.60. The van der Waals surface area contributed by atoms with Gasteiger partial charge < -0.3 is 4.74 Å². The Morgan fingerprint density at radius 3 is 2.71 bits per heavy atom. The zero-order chi connectivity index (χ0) is 17.7. The Bertz CT molecular complexity index is 779. The molecular weight excluding hydrogens is 347 g/mol. The van der Waals surface area contributed by atoms with Gasteiger partial charge in [0.1, 0.15) is 0 Å². The Balaban J connectivity index is 2.17. The molecule has 0 atom stereocenters. The molecule has 0 aliphatic heterocycles. The number of nitrogens with zero attached hydrogens (tertiary/aromatic N) is 2. The Labute approximate surface area is 140 Å². The van der Waals surface area contributed by atoms with E-state index in [4.69, 9.17) is 11.6 Å². The van der Waals surface area contributed by atoms with Gasteiger partial charge in [0, 0.05) is 11.8 Å². The third-order valence-electron chi connectivity index (χ3n) is 2.91. The van der Waals surface area contributed by atoms with Gasteiger partial charge in [-0.1, -0.05) is 29.8 Å². The lowest BCUT2D eigenvalue weighted by Crippen LogP contribution is -2.07. The number of anilines is 1. The summed E-state index contributed by atoms with van der Waals surface area (Å²) in [7, 11) is 1.25. The number of ether oxygens (including phenoxy) is 1. The van der Waals surface area contributed by atoms with Crippen molar-refractivity contribution in [1.82, 2.24) is 4.98 Å². The average molecular weight is 358 g/mol. The number of esters is 1. The molecule has 5 nitrogen and oxygen atoms in total. The minimum absolute atomic E-state index is 0.0449. The molecule has 0 aliphatic carbocycles. The summed E-state index contributed by atoms with van der Waals surface area (Å²) >= 11 is 5.75. The molecule has 2 rings (SSSR count). The summed E-state index contributed by atoms with van der Waals surface area (Å²) in [5.74, 6) is -0.584. The molecule has 1 heterocycles. The number of methoxy groups -OCH3 is 1. The predicted octanol–water partition coefficient (Wildman–Crippen LogP) is 3.99. The molecule has 0 aliphatic rings. The molecule has 0 bridgehead atoms. The Kier molecular flexibility index (Phi) is 5.40. The quantitative estimate of drug-likeness (QED) is 0.510. The highest BCUT2D eigenvalue weighted by molar-refractivity contribution is 6.33. The topological polar surface area (TPSA) is 63.6 Å². The van der Waals surface area contributed by atoms with E-state index in [9.17, 15) is 18.0 Å². The van der Waals surface area contributed by atoms with Gasteiger partial charge in [0.2, 0.25) is 0 Å². The van der Waals surface area contributed by atoms with Crippen LogP contribution < -0.4 is 5.43 Å². The van der Waals surface area contributed by atoms with Crippen molar-refractivity contribution in [3.63, 3.8) is 0 Å². The second-order valence-corrected chi connectivity index (χ2v) is 4.91. The number of halogens is 4. The number of alkyl halides is 3. The van der Waals surface area contributed by atoms with Crippen LogP contribution in [0.25, 0.3) is 0 Å². The fourth-order valence-electron chi connectivity index (χ4n) is 1.74. The van der Waals surface area contributed by atoms with E-state index in [0.717, 1.165) is 6.07 Å². The number of hydrogen-bond acceptors (Lipinski definition) is 5. The summed E-state index contributed by atoms with van der Waals surface area (Å²) in [5.41, 5.74) is 2.22. The van der Waals surface area contributed by atoms with Crippen LogP contribution in [0.15, 0.2) is 41.6 Å². The summed E-state index contributed by atoms with van der Waals surface area (Å²) in [6.07, 6.45) is -2.58. The number of hydrazone groups is 1. The van der Waals surface area contributed by atoms with Crippen LogP contribution in [0, 0.1) is 0 Å². The van der Waals surface area contributed by atoms with Crippen LogP contribution >= 0.6 is 11.6 Å². The number of benzene rings is 1. The molecule has 9 heteroatoms. The van der Waals surface area contributed by atoms with Crippen molar-refractivity contribution in [3.8, 4) is 0 Å². The highest BCUT2D eigenvalue weighted by atomic mass is 35.5. The zero-order valence-corrected chi connectivity index (χ0v) is 13.0. The molecule has 0 fully saturated rings.